The van der Waals surface area contributed by atoms with Gasteiger partial charge in [0.1, 0.15) is 0 Å². The molecule has 146 valence electrons. The van der Waals surface area contributed by atoms with E-state index in [2.05, 4.69) is 34.1 Å². The molecular formula is C21H24N4O3. The summed E-state index contributed by atoms with van der Waals surface area (Å²) in [6.07, 6.45) is 7.43. The largest absolute Gasteiger partial charge is 0.356 e. The molecule has 7 heteroatoms. The first-order valence-corrected chi connectivity index (χ1v) is 10.0. The number of ether oxygens (including phenoxy) is 1. The molecule has 2 N–H and O–H groups in total. The molecule has 0 spiro atoms. The van der Waals surface area contributed by atoms with Crippen molar-refractivity contribution in [1.29, 1.82) is 0 Å². The topological polar surface area (TPSA) is 92.8 Å². The molecule has 0 saturated carbocycles. The third-order valence-electron chi connectivity index (χ3n) is 6.20. The lowest BCUT2D eigenvalue weighted by molar-refractivity contribution is -0.0366. The van der Waals surface area contributed by atoms with Crippen LogP contribution in [0.2, 0.25) is 0 Å². The molecule has 2 aliphatic rings. The molecule has 0 bridgehead atoms. The van der Waals surface area contributed by atoms with E-state index < -0.39 is 5.69 Å². The molecule has 3 heterocycles. The Morgan fingerprint density at radius 2 is 2.07 bits per heavy atom. The molecule has 1 aromatic carbocycles. The molecule has 1 aliphatic heterocycles. The van der Waals surface area contributed by atoms with E-state index in [1.807, 2.05) is 10.9 Å². The summed E-state index contributed by atoms with van der Waals surface area (Å²) < 4.78 is 7.96. The standard InChI is InChI=1S/C21H24N4O3/c1-12-5-8-17-15(11-22-25(17)18-4-2-3-9-28-18)19(12)13-6-7-14-16(10-13)23-21(27)24-20(14)26/h5,8,11,13,18H,2-4,6-7,9-10H2,1H3,(H2,23,24,26,27). The zero-order chi connectivity index (χ0) is 19.3. The van der Waals surface area contributed by atoms with Crippen LogP contribution in [0.1, 0.15) is 60.2 Å². The Morgan fingerprint density at radius 3 is 2.89 bits per heavy atom. The van der Waals surface area contributed by atoms with Gasteiger partial charge in [-0.3, -0.25) is 9.78 Å². The van der Waals surface area contributed by atoms with Crippen molar-refractivity contribution >= 4 is 10.9 Å². The second-order valence-electron chi connectivity index (χ2n) is 7.94. The summed E-state index contributed by atoms with van der Waals surface area (Å²) in [6.45, 7) is 2.91. The fourth-order valence-corrected chi connectivity index (χ4v) is 4.85. The van der Waals surface area contributed by atoms with Crippen molar-refractivity contribution in [3.05, 3.63) is 61.6 Å². The van der Waals surface area contributed by atoms with Gasteiger partial charge in [0.25, 0.3) is 5.56 Å². The van der Waals surface area contributed by atoms with Crippen LogP contribution >= 0.6 is 0 Å². The van der Waals surface area contributed by atoms with Crippen LogP contribution in [-0.2, 0) is 17.6 Å². The third-order valence-corrected chi connectivity index (χ3v) is 6.20. The van der Waals surface area contributed by atoms with Crippen LogP contribution in [0, 0.1) is 6.92 Å². The van der Waals surface area contributed by atoms with Crippen molar-refractivity contribution in [2.45, 2.75) is 57.6 Å². The average molecular weight is 380 g/mol. The number of aromatic nitrogens is 4. The van der Waals surface area contributed by atoms with Gasteiger partial charge < -0.3 is 9.72 Å². The first kappa shape index (κ1) is 17.4. The number of aromatic amines is 2. The minimum atomic E-state index is -0.429. The molecule has 2 atom stereocenters. The Labute approximate surface area is 161 Å². The summed E-state index contributed by atoms with van der Waals surface area (Å²) in [5, 5.41) is 5.81. The maximum atomic E-state index is 12.1. The summed E-state index contributed by atoms with van der Waals surface area (Å²) in [6, 6.07) is 4.28. The van der Waals surface area contributed by atoms with E-state index in [0.717, 1.165) is 48.9 Å². The van der Waals surface area contributed by atoms with Crippen molar-refractivity contribution in [3.63, 3.8) is 0 Å². The minimum absolute atomic E-state index is 0.00352. The highest BCUT2D eigenvalue weighted by atomic mass is 16.5. The molecule has 5 rings (SSSR count). The molecule has 1 saturated heterocycles. The van der Waals surface area contributed by atoms with Gasteiger partial charge in [-0.2, -0.15) is 5.10 Å². The first-order valence-electron chi connectivity index (χ1n) is 10.0. The maximum absolute atomic E-state index is 12.1. The second-order valence-corrected chi connectivity index (χ2v) is 7.94. The van der Waals surface area contributed by atoms with Crippen molar-refractivity contribution in [2.24, 2.45) is 0 Å². The smallest absolute Gasteiger partial charge is 0.325 e. The lowest BCUT2D eigenvalue weighted by atomic mass is 9.80. The Morgan fingerprint density at radius 1 is 1.18 bits per heavy atom. The SMILES string of the molecule is Cc1ccc2c(cnn2C2CCCCO2)c1C1CCc2c([nH]c(=O)[nH]c2=O)C1. The molecule has 1 fully saturated rings. The third kappa shape index (κ3) is 2.81. The predicted octanol–water partition coefficient (Wildman–Crippen LogP) is 2.69. The van der Waals surface area contributed by atoms with Crippen molar-refractivity contribution in [2.75, 3.05) is 6.61 Å². The highest BCUT2D eigenvalue weighted by Gasteiger charge is 2.27. The number of nitrogens with zero attached hydrogens (tertiary/aromatic N) is 2. The van der Waals surface area contributed by atoms with Crippen molar-refractivity contribution in [1.82, 2.24) is 19.7 Å². The molecule has 3 aromatic rings. The van der Waals surface area contributed by atoms with Crippen LogP contribution in [0.3, 0.4) is 0 Å². The van der Waals surface area contributed by atoms with E-state index in [0.29, 0.717) is 18.4 Å². The van der Waals surface area contributed by atoms with Gasteiger partial charge in [-0.05, 0) is 68.6 Å². The molecule has 2 aromatic heterocycles. The summed E-state index contributed by atoms with van der Waals surface area (Å²) in [5.74, 6) is 0.249. The van der Waals surface area contributed by atoms with Crippen LogP contribution in [0.5, 0.6) is 0 Å². The Balaban J connectivity index is 1.57. The number of rotatable bonds is 2. The van der Waals surface area contributed by atoms with E-state index in [9.17, 15) is 9.59 Å². The molecular weight excluding hydrogens is 356 g/mol. The van der Waals surface area contributed by atoms with Gasteiger partial charge in [-0.1, -0.05) is 6.07 Å². The maximum Gasteiger partial charge on any atom is 0.325 e. The summed E-state index contributed by atoms with van der Waals surface area (Å²) in [5.41, 5.74) is 4.38. The second kappa shape index (κ2) is 6.74. The van der Waals surface area contributed by atoms with Gasteiger partial charge in [-0.25, -0.2) is 9.48 Å². The number of hydrogen-bond acceptors (Lipinski definition) is 4. The van der Waals surface area contributed by atoms with Gasteiger partial charge in [0.2, 0.25) is 0 Å². The fraction of sp³-hybridized carbons (Fsp3) is 0.476. The van der Waals surface area contributed by atoms with Gasteiger partial charge in [0.15, 0.2) is 6.23 Å². The molecule has 0 amide bonds. The van der Waals surface area contributed by atoms with E-state index in [1.165, 1.54) is 11.1 Å². The van der Waals surface area contributed by atoms with Gasteiger partial charge in [0, 0.05) is 23.3 Å². The normalized spacial score (nSPS) is 22.3. The van der Waals surface area contributed by atoms with Crippen LogP contribution in [0.25, 0.3) is 10.9 Å². The van der Waals surface area contributed by atoms with Gasteiger partial charge in [0.05, 0.1) is 11.7 Å². The Bertz CT molecular complexity index is 1150. The van der Waals surface area contributed by atoms with Crippen LogP contribution in [0.15, 0.2) is 27.9 Å². The minimum Gasteiger partial charge on any atom is -0.356 e. The molecule has 2 unspecified atom stereocenters. The number of benzene rings is 1. The van der Waals surface area contributed by atoms with E-state index in [-0.39, 0.29) is 17.7 Å². The predicted molar refractivity (Wildman–Crippen MR) is 106 cm³/mol. The highest BCUT2D eigenvalue weighted by Crippen LogP contribution is 2.37. The first-order chi connectivity index (χ1) is 13.6. The molecule has 1 aliphatic carbocycles. The monoisotopic (exact) mass is 380 g/mol. The summed E-state index contributed by atoms with van der Waals surface area (Å²) in [4.78, 5) is 29.0. The zero-order valence-electron chi connectivity index (χ0n) is 16.0. The van der Waals surface area contributed by atoms with Crippen LogP contribution < -0.4 is 11.2 Å². The fourth-order valence-electron chi connectivity index (χ4n) is 4.85. The number of nitrogens with one attached hydrogen (secondary N) is 2. The number of fused-ring (bicyclic) bond motifs is 2. The number of aryl methyl sites for hydroxylation is 1. The van der Waals surface area contributed by atoms with E-state index >= 15 is 0 Å². The summed E-state index contributed by atoms with van der Waals surface area (Å²) >= 11 is 0. The molecule has 0 radical (unpaired) electrons. The molecule has 28 heavy (non-hydrogen) atoms. The lowest BCUT2D eigenvalue weighted by Crippen LogP contribution is -2.31. The zero-order valence-corrected chi connectivity index (χ0v) is 16.0. The highest BCUT2D eigenvalue weighted by molar-refractivity contribution is 5.84. The van der Waals surface area contributed by atoms with Crippen molar-refractivity contribution < 1.29 is 4.74 Å². The summed E-state index contributed by atoms with van der Waals surface area (Å²) in [7, 11) is 0. The average Bonchev–Trinajstić information content (AvgIpc) is 3.12. The van der Waals surface area contributed by atoms with Gasteiger partial charge in [-0.15, -0.1) is 0 Å². The van der Waals surface area contributed by atoms with Crippen LogP contribution in [0.4, 0.5) is 0 Å². The molecule has 7 nitrogen and oxygen atoms in total. The number of H-pyrrole nitrogens is 2. The lowest BCUT2D eigenvalue weighted by Gasteiger charge is -2.26. The van der Waals surface area contributed by atoms with Gasteiger partial charge >= 0.3 is 5.69 Å². The van der Waals surface area contributed by atoms with Crippen LogP contribution in [-0.4, -0.2) is 26.4 Å². The van der Waals surface area contributed by atoms with E-state index in [4.69, 9.17) is 4.74 Å². The number of hydrogen-bond donors (Lipinski definition) is 2. The quantitative estimate of drug-likeness (QED) is 0.715. The van der Waals surface area contributed by atoms with Crippen molar-refractivity contribution in [3.8, 4) is 0 Å². The van der Waals surface area contributed by atoms with E-state index in [1.54, 1.807) is 0 Å². The Hall–Kier alpha value is -2.67. The Kier molecular flexibility index (Phi) is 4.19.